The fourth-order valence-electron chi connectivity index (χ4n) is 3.25. The highest BCUT2D eigenvalue weighted by Crippen LogP contribution is 2.29. The van der Waals surface area contributed by atoms with Gasteiger partial charge in [-0.15, -0.1) is 0 Å². The highest BCUT2D eigenvalue weighted by molar-refractivity contribution is 6.06. The summed E-state index contributed by atoms with van der Waals surface area (Å²) in [6, 6.07) is 20.2. The zero-order valence-electron chi connectivity index (χ0n) is 15.2. The maximum absolute atomic E-state index is 12.7. The van der Waals surface area contributed by atoms with Gasteiger partial charge in [0, 0.05) is 16.8 Å². The van der Waals surface area contributed by atoms with Crippen molar-refractivity contribution in [2.45, 2.75) is 0 Å². The lowest BCUT2D eigenvalue weighted by Gasteiger charge is -2.18. The van der Waals surface area contributed by atoms with Crippen molar-refractivity contribution in [2.24, 2.45) is 0 Å². The van der Waals surface area contributed by atoms with Crippen LogP contribution in [0.5, 0.6) is 5.75 Å². The second-order valence-corrected chi connectivity index (χ2v) is 6.69. The molecule has 5 rings (SSSR count). The predicted molar refractivity (Wildman–Crippen MR) is 110 cm³/mol. The van der Waals surface area contributed by atoms with Gasteiger partial charge >= 0.3 is 0 Å². The van der Waals surface area contributed by atoms with Gasteiger partial charge in [0.05, 0.1) is 16.7 Å². The number of rotatable bonds is 3. The standard InChI is InChI=1S/C22H16N4O3/c27-20-12-29-19-11-14(8-9-18(19)24-20)22(28)23-15-5-3-4-13(10-15)21-25-16-6-1-2-7-17(16)26-21/h1-11H,12H2,(H,23,28)(H,24,27)(H,25,26). The average Bonchev–Trinajstić information content (AvgIpc) is 3.18. The Balaban J connectivity index is 1.39. The molecule has 0 saturated carbocycles. The number of hydrogen-bond donors (Lipinski definition) is 3. The summed E-state index contributed by atoms with van der Waals surface area (Å²) in [7, 11) is 0. The summed E-state index contributed by atoms with van der Waals surface area (Å²) in [5.41, 5.74) is 4.37. The average molecular weight is 384 g/mol. The number of anilines is 2. The van der Waals surface area contributed by atoms with Gasteiger partial charge in [0.2, 0.25) is 0 Å². The molecule has 1 aromatic heterocycles. The topological polar surface area (TPSA) is 96.1 Å². The van der Waals surface area contributed by atoms with E-state index in [-0.39, 0.29) is 18.4 Å². The first-order chi connectivity index (χ1) is 14.2. The number of aromatic amines is 1. The molecule has 4 aromatic rings. The Hall–Kier alpha value is -4.13. The van der Waals surface area contributed by atoms with Gasteiger partial charge in [-0.05, 0) is 42.5 Å². The summed E-state index contributed by atoms with van der Waals surface area (Å²) in [6.45, 7) is -0.0579. The molecule has 0 aliphatic carbocycles. The third-order valence-electron chi connectivity index (χ3n) is 4.66. The molecular formula is C22H16N4O3. The lowest BCUT2D eigenvalue weighted by molar-refractivity contribution is -0.118. The highest BCUT2D eigenvalue weighted by Gasteiger charge is 2.18. The van der Waals surface area contributed by atoms with Crippen LogP contribution in [-0.4, -0.2) is 28.4 Å². The molecule has 2 amide bonds. The van der Waals surface area contributed by atoms with Gasteiger partial charge in [-0.1, -0.05) is 24.3 Å². The lowest BCUT2D eigenvalue weighted by Crippen LogP contribution is -2.25. The van der Waals surface area contributed by atoms with Gasteiger partial charge in [-0.2, -0.15) is 0 Å². The number of fused-ring (bicyclic) bond motifs is 2. The Bertz CT molecular complexity index is 1230. The van der Waals surface area contributed by atoms with Gasteiger partial charge in [0.15, 0.2) is 6.61 Å². The number of nitrogens with zero attached hydrogens (tertiary/aromatic N) is 1. The van der Waals surface area contributed by atoms with Crippen LogP contribution in [0, 0.1) is 0 Å². The van der Waals surface area contributed by atoms with Crippen molar-refractivity contribution < 1.29 is 14.3 Å². The number of aromatic nitrogens is 2. The Kier molecular flexibility index (Phi) is 3.98. The molecule has 0 fully saturated rings. The number of carbonyl (C=O) groups is 2. The summed E-state index contributed by atoms with van der Waals surface area (Å²) >= 11 is 0. The maximum atomic E-state index is 12.7. The third-order valence-corrected chi connectivity index (χ3v) is 4.66. The summed E-state index contributed by atoms with van der Waals surface area (Å²) < 4.78 is 5.38. The zero-order valence-corrected chi connectivity index (χ0v) is 15.2. The smallest absolute Gasteiger partial charge is 0.262 e. The van der Waals surface area contributed by atoms with E-state index < -0.39 is 0 Å². The molecule has 0 atom stereocenters. The summed E-state index contributed by atoms with van der Waals surface area (Å²) in [6.07, 6.45) is 0. The molecule has 7 heteroatoms. The number of H-pyrrole nitrogens is 1. The Morgan fingerprint density at radius 1 is 1.03 bits per heavy atom. The molecule has 0 saturated heterocycles. The SMILES string of the molecule is O=C1COc2cc(C(=O)Nc3cccc(-c4nc5ccccc5[nH]4)c3)ccc2N1. The largest absolute Gasteiger partial charge is 0.482 e. The van der Waals surface area contributed by atoms with Crippen molar-refractivity contribution in [2.75, 3.05) is 17.2 Å². The van der Waals surface area contributed by atoms with Gasteiger partial charge in [0.25, 0.3) is 11.8 Å². The van der Waals surface area contributed by atoms with Crippen molar-refractivity contribution in [3.8, 4) is 17.1 Å². The minimum Gasteiger partial charge on any atom is -0.482 e. The van der Waals surface area contributed by atoms with Gasteiger partial charge < -0.3 is 20.4 Å². The molecule has 3 N–H and O–H groups in total. The first-order valence-electron chi connectivity index (χ1n) is 9.09. The highest BCUT2D eigenvalue weighted by atomic mass is 16.5. The number of para-hydroxylation sites is 2. The predicted octanol–water partition coefficient (Wildman–Crippen LogP) is 3.81. The van der Waals surface area contributed by atoms with Crippen molar-refractivity contribution in [1.82, 2.24) is 9.97 Å². The summed E-state index contributed by atoms with van der Waals surface area (Å²) in [5, 5.41) is 5.60. The normalized spacial score (nSPS) is 12.8. The molecule has 0 bridgehead atoms. The zero-order chi connectivity index (χ0) is 19.8. The van der Waals surface area contributed by atoms with E-state index >= 15 is 0 Å². The fourth-order valence-corrected chi connectivity index (χ4v) is 3.25. The molecular weight excluding hydrogens is 368 g/mol. The van der Waals surface area contributed by atoms with Crippen molar-refractivity contribution in [1.29, 1.82) is 0 Å². The number of carbonyl (C=O) groups excluding carboxylic acids is 2. The van der Waals surface area contributed by atoms with Crippen LogP contribution in [0.1, 0.15) is 10.4 Å². The van der Waals surface area contributed by atoms with Crippen LogP contribution in [0.4, 0.5) is 11.4 Å². The van der Waals surface area contributed by atoms with E-state index in [0.717, 1.165) is 22.4 Å². The quantitative estimate of drug-likeness (QED) is 0.500. The molecule has 29 heavy (non-hydrogen) atoms. The maximum Gasteiger partial charge on any atom is 0.262 e. The van der Waals surface area contributed by atoms with E-state index in [4.69, 9.17) is 4.74 Å². The van der Waals surface area contributed by atoms with E-state index in [2.05, 4.69) is 20.6 Å². The van der Waals surface area contributed by atoms with E-state index in [1.807, 2.05) is 48.5 Å². The van der Waals surface area contributed by atoms with Crippen LogP contribution >= 0.6 is 0 Å². The molecule has 2 heterocycles. The second-order valence-electron chi connectivity index (χ2n) is 6.69. The van der Waals surface area contributed by atoms with Crippen molar-refractivity contribution in [3.05, 3.63) is 72.3 Å². The van der Waals surface area contributed by atoms with Crippen LogP contribution in [0.2, 0.25) is 0 Å². The molecule has 7 nitrogen and oxygen atoms in total. The number of imidazole rings is 1. The minimum atomic E-state index is -0.268. The first kappa shape index (κ1) is 17.0. The first-order valence-corrected chi connectivity index (χ1v) is 9.09. The number of amides is 2. The Morgan fingerprint density at radius 2 is 1.93 bits per heavy atom. The van der Waals surface area contributed by atoms with Crippen molar-refractivity contribution >= 4 is 34.2 Å². The fraction of sp³-hybridized carbons (Fsp3) is 0.0455. The molecule has 142 valence electrons. The monoisotopic (exact) mass is 384 g/mol. The van der Waals surface area contributed by atoms with Crippen LogP contribution in [0.3, 0.4) is 0 Å². The third kappa shape index (κ3) is 3.29. The summed E-state index contributed by atoms with van der Waals surface area (Å²) in [5.74, 6) is 0.737. The van der Waals surface area contributed by atoms with E-state index in [1.165, 1.54) is 0 Å². The number of benzene rings is 3. The number of nitrogens with one attached hydrogen (secondary N) is 3. The van der Waals surface area contributed by atoms with Crippen LogP contribution in [0.15, 0.2) is 66.7 Å². The summed E-state index contributed by atoms with van der Waals surface area (Å²) in [4.78, 5) is 31.9. The number of ether oxygens (including phenoxy) is 1. The molecule has 0 radical (unpaired) electrons. The van der Waals surface area contributed by atoms with Gasteiger partial charge in [-0.25, -0.2) is 4.98 Å². The van der Waals surface area contributed by atoms with Crippen LogP contribution in [-0.2, 0) is 4.79 Å². The minimum absolute atomic E-state index is 0.0579. The van der Waals surface area contributed by atoms with Gasteiger partial charge in [0.1, 0.15) is 11.6 Å². The van der Waals surface area contributed by atoms with Crippen molar-refractivity contribution in [3.63, 3.8) is 0 Å². The second kappa shape index (κ2) is 6.79. The Morgan fingerprint density at radius 3 is 2.83 bits per heavy atom. The molecule has 0 spiro atoms. The number of hydrogen-bond acceptors (Lipinski definition) is 4. The lowest BCUT2D eigenvalue weighted by atomic mass is 10.1. The van der Waals surface area contributed by atoms with E-state index in [1.54, 1.807) is 18.2 Å². The Labute approximate surface area is 165 Å². The molecule has 3 aromatic carbocycles. The molecule has 1 aliphatic rings. The van der Waals surface area contributed by atoms with Gasteiger partial charge in [-0.3, -0.25) is 9.59 Å². The van der Waals surface area contributed by atoms with Crippen LogP contribution < -0.4 is 15.4 Å². The molecule has 0 unspecified atom stereocenters. The van der Waals surface area contributed by atoms with E-state index in [0.29, 0.717) is 22.7 Å². The van der Waals surface area contributed by atoms with E-state index in [9.17, 15) is 9.59 Å². The van der Waals surface area contributed by atoms with Crippen LogP contribution in [0.25, 0.3) is 22.4 Å². The molecule has 1 aliphatic heterocycles.